The Morgan fingerprint density at radius 3 is 1.65 bits per heavy atom. The van der Waals surface area contributed by atoms with Crippen molar-refractivity contribution in [1.29, 1.82) is 0 Å². The fraction of sp³-hybridized carbons (Fsp3) is 0.0870. The van der Waals surface area contributed by atoms with Crippen molar-refractivity contribution in [3.63, 3.8) is 0 Å². The fourth-order valence-electron chi connectivity index (χ4n) is 6.91. The summed E-state index contributed by atoms with van der Waals surface area (Å²) in [6.45, 7) is 0. The Hall–Kier alpha value is -8.18. The van der Waals surface area contributed by atoms with E-state index in [1.807, 2.05) is 81.6 Å². The molecule has 0 aliphatic heterocycles. The number of benzene rings is 4. The van der Waals surface area contributed by atoms with Gasteiger partial charge in [0.25, 0.3) is 5.91 Å². The Balaban J connectivity index is 0.000000116. The van der Waals surface area contributed by atoms with Crippen LogP contribution in [0.4, 0.5) is 5.69 Å². The van der Waals surface area contributed by atoms with Gasteiger partial charge in [-0.1, -0.05) is 34.0 Å². The van der Waals surface area contributed by atoms with Gasteiger partial charge in [-0.3, -0.25) is 27.8 Å². The van der Waals surface area contributed by atoms with Gasteiger partial charge in [0.15, 0.2) is 25.9 Å². The number of rotatable bonds is 8. The van der Waals surface area contributed by atoms with Gasteiger partial charge in [-0.15, -0.1) is 0 Å². The maximum absolute atomic E-state index is 12.3. The molecule has 1 amide bonds. The molecule has 4 N–H and O–H groups in total. The lowest BCUT2D eigenvalue weighted by atomic mass is 10.3. The maximum atomic E-state index is 12.3. The van der Waals surface area contributed by atoms with Crippen LogP contribution < -0.4 is 24.3 Å². The highest BCUT2D eigenvalue weighted by molar-refractivity contribution is 7.71. The molecule has 12 rings (SSSR count). The van der Waals surface area contributed by atoms with Crippen molar-refractivity contribution < 1.29 is 38.4 Å². The summed E-state index contributed by atoms with van der Waals surface area (Å²) in [5.41, 5.74) is 7.96. The number of aromatic nitrogens is 9. The number of carbonyl (C=O) groups is 3. The molecule has 0 saturated heterocycles. The summed E-state index contributed by atoms with van der Waals surface area (Å²) in [5, 5.41) is 11.7. The number of carboxylic acids is 1. The molecule has 8 heterocycles. The average molecular weight is 985 g/mol. The minimum Gasteiger partial charge on any atom is -0.497 e. The second-order valence-electron chi connectivity index (χ2n) is 14.3. The number of pyridine rings is 1. The number of nitrogens with zero attached hydrogens (tertiary/aromatic N) is 7. The van der Waals surface area contributed by atoms with Crippen LogP contribution in [0.3, 0.4) is 0 Å². The molecule has 0 bridgehead atoms. The minimum absolute atomic E-state index is 0.171. The number of amides is 1. The van der Waals surface area contributed by atoms with E-state index in [1.54, 1.807) is 76.0 Å². The highest BCUT2D eigenvalue weighted by atomic mass is 32.1. The molecule has 0 fully saturated rings. The largest absolute Gasteiger partial charge is 0.497 e. The maximum Gasteiger partial charge on any atom is 0.347 e. The normalized spacial score (nSPS) is 10.9. The standard InChI is InChI=1S/C16H12N4O2S.C11H8N2O3S.C11H8N2O2S.C8H8N2OS/c1-22-11-4-5-13-12(7-11)19-16-20(13)9-14(23-16)15(21)18-10-3-2-6-17-8-10;1-16-6-2-3-8-7(4-6)12-11-13(8)5-9(17-11)10(14)15;1-15-7-2-3-10-9(4-7)12-11-13(10)5-8(6-14)16-11;1-11-5-2-3-6-7(4-5)10-8(12)9-6/h2-9H,1H3,(H,18,21);2-5H,1H3,(H,14,15);2-6H,1H3;2-4H,1H3,(H2,9,10,12). The lowest BCUT2D eigenvalue weighted by Crippen LogP contribution is -2.10. The number of thiazole rings is 3. The van der Waals surface area contributed by atoms with E-state index < -0.39 is 5.97 Å². The highest BCUT2D eigenvalue weighted by Gasteiger charge is 2.16. The van der Waals surface area contributed by atoms with Crippen molar-refractivity contribution in [2.45, 2.75) is 0 Å². The number of aromatic amines is 2. The Kier molecular flexibility index (Phi) is 12.8. The van der Waals surface area contributed by atoms with Crippen LogP contribution in [0.1, 0.15) is 29.0 Å². The molecule has 0 saturated carbocycles. The van der Waals surface area contributed by atoms with E-state index >= 15 is 0 Å². The van der Waals surface area contributed by atoms with E-state index in [0.29, 0.717) is 25.2 Å². The van der Waals surface area contributed by atoms with Gasteiger partial charge in [0.05, 0.1) is 89.3 Å². The molecule has 0 radical (unpaired) electrons. The van der Waals surface area contributed by atoms with Crippen molar-refractivity contribution in [3.05, 3.63) is 135 Å². The molecule has 22 heteroatoms. The van der Waals surface area contributed by atoms with Crippen LogP contribution in [0.5, 0.6) is 23.0 Å². The quantitative estimate of drug-likeness (QED) is 0.0824. The number of hydrogen-bond donors (Lipinski definition) is 4. The van der Waals surface area contributed by atoms with E-state index in [-0.39, 0.29) is 10.8 Å². The molecule has 18 nitrogen and oxygen atoms in total. The number of carboxylic acid groups (broad SMARTS) is 1. The number of hydrogen-bond acceptors (Lipinski definition) is 15. The Bertz CT molecular complexity index is 3860. The van der Waals surface area contributed by atoms with E-state index in [2.05, 4.69) is 35.2 Å². The molecule has 8 aromatic heterocycles. The first kappa shape index (κ1) is 45.0. The number of aromatic carboxylic acids is 1. The topological polar surface area (TPSA) is 217 Å². The summed E-state index contributed by atoms with van der Waals surface area (Å²) in [4.78, 5) is 61.0. The van der Waals surface area contributed by atoms with Crippen LogP contribution in [0.2, 0.25) is 0 Å². The van der Waals surface area contributed by atoms with Crippen LogP contribution in [0, 0.1) is 4.77 Å². The van der Waals surface area contributed by atoms with E-state index in [0.717, 1.165) is 94.7 Å². The number of aldehydes is 1. The molecule has 4 aromatic carbocycles. The van der Waals surface area contributed by atoms with Crippen molar-refractivity contribution in [2.24, 2.45) is 0 Å². The molecule has 342 valence electrons. The number of imidazole rings is 4. The lowest BCUT2D eigenvalue weighted by molar-refractivity contribution is 0.0701. The Morgan fingerprint density at radius 1 is 0.647 bits per heavy atom. The highest BCUT2D eigenvalue weighted by Crippen LogP contribution is 2.29. The Labute approximate surface area is 400 Å². The van der Waals surface area contributed by atoms with Gasteiger partial charge in [0.2, 0.25) is 0 Å². The third-order valence-corrected chi connectivity index (χ3v) is 13.2. The predicted molar refractivity (Wildman–Crippen MR) is 266 cm³/mol. The molecule has 0 spiro atoms. The Morgan fingerprint density at radius 2 is 1.13 bits per heavy atom. The van der Waals surface area contributed by atoms with E-state index in [4.69, 9.17) is 36.3 Å². The van der Waals surface area contributed by atoms with E-state index in [9.17, 15) is 14.4 Å². The zero-order valence-electron chi connectivity index (χ0n) is 36.1. The summed E-state index contributed by atoms with van der Waals surface area (Å²) < 4.78 is 26.8. The third kappa shape index (κ3) is 9.28. The molecule has 0 unspecified atom stereocenters. The van der Waals surface area contributed by atoms with Crippen LogP contribution in [0.25, 0.3) is 59.0 Å². The number of nitrogens with one attached hydrogen (secondary N) is 3. The fourth-order valence-corrected chi connectivity index (χ4v) is 9.67. The summed E-state index contributed by atoms with van der Waals surface area (Å²) >= 11 is 8.82. The molecular weight excluding hydrogens is 949 g/mol. The van der Waals surface area contributed by atoms with Gasteiger partial charge in [-0.2, -0.15) is 0 Å². The molecule has 12 aromatic rings. The number of methoxy groups -OCH3 is 4. The minimum atomic E-state index is -0.929. The van der Waals surface area contributed by atoms with Gasteiger partial charge >= 0.3 is 5.97 Å². The molecule has 0 aliphatic carbocycles. The molecular formula is C46H36N10O8S4. The van der Waals surface area contributed by atoms with Gasteiger partial charge in [-0.25, -0.2) is 19.7 Å². The number of fused-ring (bicyclic) bond motifs is 10. The first-order valence-electron chi connectivity index (χ1n) is 20.1. The first-order chi connectivity index (χ1) is 33.0. The second-order valence-corrected chi connectivity index (χ2v) is 17.8. The average Bonchev–Trinajstić information content (AvgIpc) is 4.23. The van der Waals surface area contributed by atoms with Gasteiger partial charge in [0.1, 0.15) is 32.8 Å². The summed E-state index contributed by atoms with van der Waals surface area (Å²) in [5.74, 6) is 2.01. The van der Waals surface area contributed by atoms with Gasteiger partial charge < -0.3 is 39.3 Å². The molecule has 0 aliphatic rings. The zero-order chi connectivity index (χ0) is 47.5. The van der Waals surface area contributed by atoms with Crippen LogP contribution >= 0.6 is 46.2 Å². The summed E-state index contributed by atoms with van der Waals surface area (Å²) in [7, 11) is 6.50. The monoisotopic (exact) mass is 984 g/mol. The van der Waals surface area contributed by atoms with Crippen molar-refractivity contribution >= 4 is 129 Å². The molecule has 68 heavy (non-hydrogen) atoms. The third-order valence-electron chi connectivity index (χ3n) is 10.1. The predicted octanol–water partition coefficient (Wildman–Crippen LogP) is 10.1. The summed E-state index contributed by atoms with van der Waals surface area (Å²) in [6.07, 6.45) is 9.30. The number of ether oxygens (including phenoxy) is 4. The number of H-pyrrole nitrogens is 2. The number of carbonyl (C=O) groups excluding carboxylic acids is 2. The van der Waals surface area contributed by atoms with Crippen molar-refractivity contribution in [2.75, 3.05) is 33.8 Å². The van der Waals surface area contributed by atoms with Crippen molar-refractivity contribution in [1.82, 2.24) is 43.1 Å². The van der Waals surface area contributed by atoms with Crippen LogP contribution in [-0.4, -0.2) is 94.8 Å². The van der Waals surface area contributed by atoms with Crippen LogP contribution in [0.15, 0.2) is 116 Å². The number of anilines is 1. The smallest absolute Gasteiger partial charge is 0.347 e. The second kappa shape index (κ2) is 19.3. The van der Waals surface area contributed by atoms with Gasteiger partial charge in [0, 0.05) is 49.1 Å². The van der Waals surface area contributed by atoms with Gasteiger partial charge in [-0.05, 0) is 72.9 Å². The lowest BCUT2D eigenvalue weighted by Gasteiger charge is -2.01. The first-order valence-corrected chi connectivity index (χ1v) is 22.9. The van der Waals surface area contributed by atoms with Crippen LogP contribution in [-0.2, 0) is 0 Å². The van der Waals surface area contributed by atoms with Crippen molar-refractivity contribution in [3.8, 4) is 23.0 Å². The summed E-state index contributed by atoms with van der Waals surface area (Å²) in [6, 6.07) is 26.2. The SMILES string of the molecule is COc1ccc2[nH]c(=S)[nH]c2c1.COc1ccc2c(c1)nc1sc(C(=O)Nc3cccnc3)cn12.COc1ccc2c(c1)nc1sc(C(=O)O)cn12.COc1ccc2c(c1)nc1sc(C=O)cn12. The van der Waals surface area contributed by atoms with E-state index in [1.165, 1.54) is 22.7 Å². The zero-order valence-corrected chi connectivity index (χ0v) is 39.4. The molecule has 0 atom stereocenters.